The van der Waals surface area contributed by atoms with Crippen LogP contribution in [0.2, 0.25) is 0 Å². The van der Waals surface area contributed by atoms with Crippen molar-refractivity contribution in [1.29, 1.82) is 0 Å². The van der Waals surface area contributed by atoms with Crippen molar-refractivity contribution in [2.45, 2.75) is 13.0 Å². The van der Waals surface area contributed by atoms with Gasteiger partial charge in [-0.1, -0.05) is 18.2 Å². The van der Waals surface area contributed by atoms with Gasteiger partial charge in [0, 0.05) is 17.3 Å². The number of para-hydroxylation sites is 1. The van der Waals surface area contributed by atoms with Crippen molar-refractivity contribution in [2.75, 3.05) is 11.9 Å². The number of aliphatic hydroxyl groups excluding tert-OH is 1. The van der Waals surface area contributed by atoms with Crippen LogP contribution in [0.25, 0.3) is 0 Å². The number of carbonyl (C=O) groups is 1. The fourth-order valence-corrected chi connectivity index (χ4v) is 1.84. The normalized spacial score (nSPS) is 11.8. The van der Waals surface area contributed by atoms with Gasteiger partial charge in [-0.2, -0.15) is 0 Å². The molecule has 0 aliphatic heterocycles. The molecule has 0 spiro atoms. The number of benzene rings is 2. The van der Waals surface area contributed by atoms with Gasteiger partial charge in [0.05, 0.1) is 6.10 Å². The average molecular weight is 289 g/mol. The van der Waals surface area contributed by atoms with Crippen LogP contribution in [0.5, 0.6) is 5.75 Å². The summed E-state index contributed by atoms with van der Waals surface area (Å²) in [5.41, 5.74) is 1.09. The molecule has 2 N–H and O–H groups in total. The largest absolute Gasteiger partial charge is 0.483 e. The van der Waals surface area contributed by atoms with Crippen LogP contribution in [0.4, 0.5) is 10.1 Å². The second kappa shape index (κ2) is 6.85. The van der Waals surface area contributed by atoms with Crippen molar-refractivity contribution in [3.8, 4) is 5.75 Å². The molecule has 110 valence electrons. The molecule has 0 radical (unpaired) electrons. The minimum absolute atomic E-state index is 0.160. The first-order valence-corrected chi connectivity index (χ1v) is 6.51. The summed E-state index contributed by atoms with van der Waals surface area (Å²) in [5.74, 6) is -0.687. The molecular weight excluding hydrogens is 273 g/mol. The average Bonchev–Trinajstić information content (AvgIpc) is 2.46. The SMILES string of the molecule is C[C@@H](O)c1ccc(F)cc1OCC(=O)Nc1ccccc1. The highest BCUT2D eigenvalue weighted by Gasteiger charge is 2.12. The summed E-state index contributed by atoms with van der Waals surface area (Å²) in [4.78, 5) is 11.8. The van der Waals surface area contributed by atoms with E-state index in [-0.39, 0.29) is 18.3 Å². The lowest BCUT2D eigenvalue weighted by Crippen LogP contribution is -2.20. The lowest BCUT2D eigenvalue weighted by atomic mass is 10.1. The number of nitrogens with one attached hydrogen (secondary N) is 1. The summed E-state index contributed by atoms with van der Waals surface area (Å²) in [5, 5.41) is 12.2. The van der Waals surface area contributed by atoms with Gasteiger partial charge in [-0.25, -0.2) is 4.39 Å². The molecule has 5 heteroatoms. The van der Waals surface area contributed by atoms with Gasteiger partial charge < -0.3 is 15.2 Å². The number of anilines is 1. The van der Waals surface area contributed by atoms with Crippen molar-refractivity contribution in [2.24, 2.45) is 0 Å². The molecule has 2 aromatic rings. The number of carbonyl (C=O) groups excluding carboxylic acids is 1. The van der Waals surface area contributed by atoms with Crippen LogP contribution in [0, 0.1) is 5.82 Å². The summed E-state index contributed by atoms with van der Waals surface area (Å²) in [6.45, 7) is 1.28. The number of hydrogen-bond donors (Lipinski definition) is 2. The van der Waals surface area contributed by atoms with Gasteiger partial charge in [0.15, 0.2) is 6.61 Å². The Morgan fingerprint density at radius 3 is 2.67 bits per heavy atom. The topological polar surface area (TPSA) is 58.6 Å². The zero-order valence-electron chi connectivity index (χ0n) is 11.5. The number of hydrogen-bond acceptors (Lipinski definition) is 3. The minimum Gasteiger partial charge on any atom is -0.483 e. The van der Waals surface area contributed by atoms with Crippen LogP contribution in [-0.2, 0) is 4.79 Å². The summed E-state index contributed by atoms with van der Waals surface area (Å²) in [6.07, 6.45) is -0.808. The molecule has 0 saturated carbocycles. The predicted molar refractivity (Wildman–Crippen MR) is 77.6 cm³/mol. The second-order valence-electron chi connectivity index (χ2n) is 4.56. The van der Waals surface area contributed by atoms with Crippen LogP contribution >= 0.6 is 0 Å². The maximum absolute atomic E-state index is 13.2. The van der Waals surface area contributed by atoms with Crippen molar-refractivity contribution in [3.05, 3.63) is 59.9 Å². The number of halogens is 1. The third kappa shape index (κ3) is 4.29. The molecule has 0 unspecified atom stereocenters. The Morgan fingerprint density at radius 1 is 1.29 bits per heavy atom. The number of rotatable bonds is 5. The molecule has 0 aliphatic rings. The Bertz CT molecular complexity index is 614. The molecule has 0 aliphatic carbocycles. The molecule has 0 fully saturated rings. The lowest BCUT2D eigenvalue weighted by Gasteiger charge is -2.13. The Morgan fingerprint density at radius 2 is 2.00 bits per heavy atom. The maximum Gasteiger partial charge on any atom is 0.262 e. The monoisotopic (exact) mass is 289 g/mol. The van der Waals surface area contributed by atoms with E-state index in [1.54, 1.807) is 31.2 Å². The van der Waals surface area contributed by atoms with E-state index in [4.69, 9.17) is 4.74 Å². The number of ether oxygens (including phenoxy) is 1. The Hall–Kier alpha value is -2.40. The summed E-state index contributed by atoms with van der Waals surface area (Å²) in [7, 11) is 0. The van der Waals surface area contributed by atoms with Crippen molar-refractivity contribution in [1.82, 2.24) is 0 Å². The van der Waals surface area contributed by atoms with E-state index in [9.17, 15) is 14.3 Å². The van der Waals surface area contributed by atoms with Gasteiger partial charge >= 0.3 is 0 Å². The lowest BCUT2D eigenvalue weighted by molar-refractivity contribution is -0.118. The van der Waals surface area contributed by atoms with Crippen LogP contribution in [0.15, 0.2) is 48.5 Å². The zero-order valence-corrected chi connectivity index (χ0v) is 11.5. The van der Waals surface area contributed by atoms with E-state index in [0.29, 0.717) is 11.3 Å². The van der Waals surface area contributed by atoms with Crippen molar-refractivity contribution < 1.29 is 19.0 Å². The summed E-state index contributed by atoms with van der Waals surface area (Å²) < 4.78 is 18.5. The van der Waals surface area contributed by atoms with Gasteiger partial charge in [-0.3, -0.25) is 4.79 Å². The van der Waals surface area contributed by atoms with Crippen molar-refractivity contribution in [3.63, 3.8) is 0 Å². The standard InChI is InChI=1S/C16H16FNO3/c1-11(19)14-8-7-12(17)9-15(14)21-10-16(20)18-13-5-3-2-4-6-13/h2-9,11,19H,10H2,1H3,(H,18,20)/t11-/m1/s1. The maximum atomic E-state index is 13.2. The molecule has 4 nitrogen and oxygen atoms in total. The predicted octanol–water partition coefficient (Wildman–Crippen LogP) is 2.90. The third-order valence-corrected chi connectivity index (χ3v) is 2.84. The molecule has 2 rings (SSSR count). The highest BCUT2D eigenvalue weighted by molar-refractivity contribution is 5.91. The Kier molecular flexibility index (Phi) is 4.90. The fourth-order valence-electron chi connectivity index (χ4n) is 1.84. The zero-order chi connectivity index (χ0) is 15.2. The molecule has 1 atom stereocenters. The number of aliphatic hydroxyl groups is 1. The molecule has 0 heterocycles. The minimum atomic E-state index is -0.808. The summed E-state index contributed by atoms with van der Waals surface area (Å²) >= 11 is 0. The fraction of sp³-hybridized carbons (Fsp3) is 0.188. The van der Waals surface area contributed by atoms with Crippen LogP contribution in [0.3, 0.4) is 0 Å². The highest BCUT2D eigenvalue weighted by atomic mass is 19.1. The quantitative estimate of drug-likeness (QED) is 0.889. The van der Waals surface area contributed by atoms with Gasteiger partial charge in [-0.15, -0.1) is 0 Å². The Balaban J connectivity index is 1.99. The first-order chi connectivity index (χ1) is 10.1. The Labute approximate surface area is 122 Å². The molecule has 21 heavy (non-hydrogen) atoms. The smallest absolute Gasteiger partial charge is 0.262 e. The first-order valence-electron chi connectivity index (χ1n) is 6.51. The van der Waals surface area contributed by atoms with E-state index in [0.717, 1.165) is 6.07 Å². The molecular formula is C16H16FNO3. The molecule has 0 aromatic heterocycles. The third-order valence-electron chi connectivity index (χ3n) is 2.84. The van der Waals surface area contributed by atoms with Gasteiger partial charge in [0.1, 0.15) is 11.6 Å². The second-order valence-corrected chi connectivity index (χ2v) is 4.56. The van der Waals surface area contributed by atoms with E-state index in [2.05, 4.69) is 5.32 Å². The van der Waals surface area contributed by atoms with E-state index >= 15 is 0 Å². The van der Waals surface area contributed by atoms with Gasteiger partial charge in [0.25, 0.3) is 5.91 Å². The van der Waals surface area contributed by atoms with E-state index in [1.807, 2.05) is 6.07 Å². The van der Waals surface area contributed by atoms with Gasteiger partial charge in [0.2, 0.25) is 0 Å². The van der Waals surface area contributed by atoms with E-state index in [1.165, 1.54) is 12.1 Å². The van der Waals surface area contributed by atoms with Crippen LogP contribution in [-0.4, -0.2) is 17.6 Å². The van der Waals surface area contributed by atoms with Crippen molar-refractivity contribution >= 4 is 11.6 Å². The summed E-state index contributed by atoms with van der Waals surface area (Å²) in [6, 6.07) is 12.8. The number of amides is 1. The van der Waals surface area contributed by atoms with Gasteiger partial charge in [-0.05, 0) is 31.2 Å². The molecule has 0 saturated heterocycles. The first kappa shape index (κ1) is 15.0. The molecule has 1 amide bonds. The highest BCUT2D eigenvalue weighted by Crippen LogP contribution is 2.25. The van der Waals surface area contributed by atoms with Crippen LogP contribution < -0.4 is 10.1 Å². The molecule has 0 bridgehead atoms. The van der Waals surface area contributed by atoms with Crippen LogP contribution in [0.1, 0.15) is 18.6 Å². The van der Waals surface area contributed by atoms with E-state index < -0.39 is 11.9 Å². The molecule has 2 aromatic carbocycles.